The van der Waals surface area contributed by atoms with Crippen molar-refractivity contribution in [2.24, 2.45) is 5.92 Å². The third-order valence-electron chi connectivity index (χ3n) is 4.31. The van der Waals surface area contributed by atoms with Gasteiger partial charge in [0.2, 0.25) is 0 Å². The SMILES string of the molecule is CC1CN2CC(C)(NC(=O)OC(C)(C)C)C(=O)N2C1(C)[C-]=O.[Y]. The molecule has 8 heteroatoms. The molecule has 1 radical (unpaired) electrons. The summed E-state index contributed by atoms with van der Waals surface area (Å²) in [5.74, 6) is -0.325. The van der Waals surface area contributed by atoms with Crippen LogP contribution in [0.5, 0.6) is 0 Å². The van der Waals surface area contributed by atoms with Crippen LogP contribution >= 0.6 is 0 Å². The van der Waals surface area contributed by atoms with Crippen LogP contribution in [0, 0.1) is 5.92 Å². The predicted molar refractivity (Wildman–Crippen MR) is 79.5 cm³/mol. The molecule has 3 atom stereocenters. The molecule has 0 aliphatic carbocycles. The van der Waals surface area contributed by atoms with Crippen molar-refractivity contribution in [1.29, 1.82) is 0 Å². The van der Waals surface area contributed by atoms with Gasteiger partial charge in [-0.05, 0) is 39.2 Å². The normalized spacial score (nSPS) is 33.9. The van der Waals surface area contributed by atoms with Gasteiger partial charge in [0.15, 0.2) is 0 Å². The first-order chi connectivity index (χ1) is 9.93. The maximum Gasteiger partial charge on any atom is 0.408 e. The van der Waals surface area contributed by atoms with Crippen molar-refractivity contribution in [3.05, 3.63) is 0 Å². The van der Waals surface area contributed by atoms with Crippen molar-refractivity contribution < 1.29 is 51.8 Å². The number of ether oxygens (including phenoxy) is 1. The summed E-state index contributed by atoms with van der Waals surface area (Å²) < 4.78 is 5.22. The second-order valence-electron chi connectivity index (χ2n) is 7.57. The molecule has 0 aromatic rings. The molecule has 7 nitrogen and oxygen atoms in total. The molecular weight excluding hydrogens is 375 g/mol. The Balaban J connectivity index is 0.00000264. The average Bonchev–Trinajstić information content (AvgIpc) is 2.71. The van der Waals surface area contributed by atoms with E-state index in [0.717, 1.165) is 0 Å². The molecule has 0 aromatic carbocycles. The van der Waals surface area contributed by atoms with Gasteiger partial charge in [0, 0.05) is 39.3 Å². The molecule has 23 heavy (non-hydrogen) atoms. The maximum absolute atomic E-state index is 12.8. The summed E-state index contributed by atoms with van der Waals surface area (Å²) in [6.45, 7) is 11.4. The van der Waals surface area contributed by atoms with Crippen LogP contribution in [0.25, 0.3) is 0 Å². The van der Waals surface area contributed by atoms with Crippen LogP contribution < -0.4 is 5.32 Å². The summed E-state index contributed by atoms with van der Waals surface area (Å²) >= 11 is 0. The molecule has 0 bridgehead atoms. The fourth-order valence-electron chi connectivity index (χ4n) is 2.98. The quantitative estimate of drug-likeness (QED) is 0.697. The third kappa shape index (κ3) is 3.61. The van der Waals surface area contributed by atoms with Crippen LogP contribution in [0.2, 0.25) is 0 Å². The molecule has 2 rings (SSSR count). The van der Waals surface area contributed by atoms with Gasteiger partial charge >= 0.3 is 6.09 Å². The number of alkyl carbamates (subject to hydrolysis) is 1. The standard InChI is InChI=1S/C15H24N3O4.Y/c1-10-7-17-8-14(5,16-12(21)22-13(2,3)4)11(20)18(17)15(10,6)9-19;/h10H,7-8H2,1-6H3,(H,16,21);/q-1;. The Morgan fingerprint density at radius 3 is 2.43 bits per heavy atom. The number of amides is 2. The van der Waals surface area contributed by atoms with E-state index in [4.69, 9.17) is 4.74 Å². The third-order valence-corrected chi connectivity index (χ3v) is 4.31. The smallest absolute Gasteiger partial charge is 0.408 e. The zero-order chi connectivity index (χ0) is 16.9. The fourth-order valence-corrected chi connectivity index (χ4v) is 2.98. The molecule has 1 N–H and O–H groups in total. The van der Waals surface area contributed by atoms with Crippen molar-refractivity contribution in [3.63, 3.8) is 0 Å². The molecule has 3 unspecified atom stereocenters. The number of carbonyl (C=O) groups excluding carboxylic acids is 3. The van der Waals surface area contributed by atoms with Crippen LogP contribution in [0.1, 0.15) is 41.5 Å². The summed E-state index contributed by atoms with van der Waals surface area (Å²) in [4.78, 5) is 36.1. The topological polar surface area (TPSA) is 79.0 Å². The Hall–Kier alpha value is -0.526. The van der Waals surface area contributed by atoms with Gasteiger partial charge in [-0.3, -0.25) is 9.80 Å². The minimum atomic E-state index is -1.11. The van der Waals surface area contributed by atoms with Gasteiger partial charge in [-0.2, -0.15) is 0 Å². The summed E-state index contributed by atoms with van der Waals surface area (Å²) in [5.41, 5.74) is -2.75. The van der Waals surface area contributed by atoms with Crippen LogP contribution in [-0.4, -0.2) is 58.1 Å². The van der Waals surface area contributed by atoms with Gasteiger partial charge in [-0.25, -0.2) is 16.1 Å². The number of nitrogens with one attached hydrogen (secondary N) is 1. The van der Waals surface area contributed by atoms with Crippen molar-refractivity contribution in [3.8, 4) is 0 Å². The Morgan fingerprint density at radius 2 is 1.96 bits per heavy atom. The van der Waals surface area contributed by atoms with Crippen molar-refractivity contribution in [2.45, 2.75) is 58.2 Å². The minimum absolute atomic E-state index is 0. The largest absolute Gasteiger partial charge is 0.540 e. The van der Waals surface area contributed by atoms with Gasteiger partial charge < -0.3 is 14.8 Å². The molecule has 2 aliphatic rings. The fraction of sp³-hybridized carbons (Fsp3) is 0.800. The Labute approximate surface area is 162 Å². The summed E-state index contributed by atoms with van der Waals surface area (Å²) in [6, 6.07) is 0. The zero-order valence-electron chi connectivity index (χ0n) is 14.6. The Bertz CT molecular complexity index is 521. The first-order valence-electron chi connectivity index (χ1n) is 7.43. The Morgan fingerprint density at radius 1 is 1.39 bits per heavy atom. The maximum atomic E-state index is 12.8. The number of hydrazine groups is 1. The molecule has 2 amide bonds. The molecule has 0 aromatic heterocycles. The van der Waals surface area contributed by atoms with Crippen LogP contribution in [-0.2, 0) is 47.0 Å². The number of rotatable bonds is 2. The number of fused-ring (bicyclic) bond motifs is 1. The van der Waals surface area contributed by atoms with Gasteiger partial charge in [0.05, 0.1) is 6.54 Å². The minimum Gasteiger partial charge on any atom is -0.540 e. The number of hydrogen-bond donors (Lipinski definition) is 1. The van der Waals surface area contributed by atoms with Gasteiger partial charge in [-0.15, -0.1) is 0 Å². The van der Waals surface area contributed by atoms with E-state index in [1.807, 2.05) is 13.2 Å². The van der Waals surface area contributed by atoms with Crippen LogP contribution in [0.3, 0.4) is 0 Å². The van der Waals surface area contributed by atoms with E-state index >= 15 is 0 Å². The molecule has 127 valence electrons. The van der Waals surface area contributed by atoms with E-state index in [-0.39, 0.29) is 44.5 Å². The van der Waals surface area contributed by atoms with Crippen LogP contribution in [0.15, 0.2) is 0 Å². The van der Waals surface area contributed by atoms with Crippen molar-refractivity contribution in [2.75, 3.05) is 13.1 Å². The average molecular weight is 399 g/mol. The molecule has 0 saturated carbocycles. The number of nitrogens with zero attached hydrogens (tertiary/aromatic N) is 2. The number of carbonyl (C=O) groups is 2. The molecule has 2 aliphatic heterocycles. The van der Waals surface area contributed by atoms with Gasteiger partial charge in [0.25, 0.3) is 5.91 Å². The molecule has 2 saturated heterocycles. The Kier molecular flexibility index (Phi) is 5.72. The van der Waals surface area contributed by atoms with E-state index < -0.39 is 22.8 Å². The zero-order valence-corrected chi connectivity index (χ0v) is 17.4. The predicted octanol–water partition coefficient (Wildman–Crippen LogP) is 0.845. The summed E-state index contributed by atoms with van der Waals surface area (Å²) in [5, 5.41) is 5.88. The van der Waals surface area contributed by atoms with Gasteiger partial charge in [-0.1, -0.05) is 13.8 Å². The van der Waals surface area contributed by atoms with E-state index in [1.54, 1.807) is 39.6 Å². The van der Waals surface area contributed by atoms with E-state index in [1.165, 1.54) is 5.01 Å². The van der Waals surface area contributed by atoms with E-state index in [9.17, 15) is 14.4 Å². The van der Waals surface area contributed by atoms with E-state index in [0.29, 0.717) is 13.1 Å². The molecule has 2 heterocycles. The monoisotopic (exact) mass is 399 g/mol. The van der Waals surface area contributed by atoms with Crippen molar-refractivity contribution in [1.82, 2.24) is 15.3 Å². The second-order valence-corrected chi connectivity index (χ2v) is 7.57. The second kappa shape index (κ2) is 6.41. The first kappa shape index (κ1) is 20.5. The van der Waals surface area contributed by atoms with Gasteiger partial charge in [0.1, 0.15) is 11.1 Å². The summed E-state index contributed by atoms with van der Waals surface area (Å²) in [7, 11) is 0. The summed E-state index contributed by atoms with van der Waals surface area (Å²) in [6.07, 6.45) is 1.35. The molecule has 0 spiro atoms. The molecule has 2 fully saturated rings. The van der Waals surface area contributed by atoms with E-state index in [2.05, 4.69) is 5.32 Å². The molecular formula is C15H24N3O4Y-. The van der Waals surface area contributed by atoms with Crippen molar-refractivity contribution >= 4 is 18.3 Å². The van der Waals surface area contributed by atoms with Crippen LogP contribution in [0.4, 0.5) is 4.79 Å². The first-order valence-corrected chi connectivity index (χ1v) is 7.43. The number of hydrogen-bond acceptors (Lipinski definition) is 5.